The van der Waals surface area contributed by atoms with E-state index >= 15 is 0 Å². The van der Waals surface area contributed by atoms with Crippen molar-refractivity contribution in [2.75, 3.05) is 0 Å². The van der Waals surface area contributed by atoms with Crippen molar-refractivity contribution in [3.8, 4) is 0 Å². The Labute approximate surface area is 130 Å². The third-order valence-corrected chi connectivity index (χ3v) is 5.29. The molecule has 1 unspecified atom stereocenters. The van der Waals surface area contributed by atoms with E-state index in [4.69, 9.17) is 0 Å². The summed E-state index contributed by atoms with van der Waals surface area (Å²) in [6.45, 7) is 4.12. The molecule has 106 valence electrons. The van der Waals surface area contributed by atoms with Crippen LogP contribution in [0.3, 0.4) is 0 Å². The van der Waals surface area contributed by atoms with Gasteiger partial charge in [-0.2, -0.15) is 0 Å². The molecule has 1 N–H and O–H groups in total. The van der Waals surface area contributed by atoms with Gasteiger partial charge in [0.05, 0.1) is 16.2 Å². The van der Waals surface area contributed by atoms with Gasteiger partial charge in [0.25, 0.3) is 0 Å². The number of hydrogen-bond acceptors (Lipinski definition) is 3. The monoisotopic (exact) mass is 354 g/mol. The van der Waals surface area contributed by atoms with Crippen LogP contribution >= 0.6 is 27.3 Å². The second-order valence-electron chi connectivity index (χ2n) is 5.24. The smallest absolute Gasteiger partial charge is 0.137 e. The van der Waals surface area contributed by atoms with E-state index in [1.165, 1.54) is 23.8 Å². The molecule has 5 heteroatoms. The molecule has 1 heterocycles. The van der Waals surface area contributed by atoms with Crippen molar-refractivity contribution in [1.29, 1.82) is 0 Å². The molecular formula is C15H16BrFN2S. The van der Waals surface area contributed by atoms with Gasteiger partial charge in [0, 0.05) is 10.9 Å². The van der Waals surface area contributed by atoms with Gasteiger partial charge in [-0.05, 0) is 60.3 Å². The Morgan fingerprint density at radius 1 is 1.40 bits per heavy atom. The molecule has 1 aromatic carbocycles. The molecule has 2 aromatic rings. The summed E-state index contributed by atoms with van der Waals surface area (Å²) >= 11 is 4.98. The summed E-state index contributed by atoms with van der Waals surface area (Å²) in [6.07, 6.45) is 2.42. The van der Waals surface area contributed by atoms with Crippen LogP contribution in [0.25, 0.3) is 0 Å². The molecule has 0 spiro atoms. The lowest BCUT2D eigenvalue weighted by atomic mass is 10.1. The van der Waals surface area contributed by atoms with Crippen molar-refractivity contribution in [2.45, 2.75) is 38.8 Å². The highest BCUT2D eigenvalue weighted by Gasteiger charge is 2.28. The number of halogens is 2. The molecule has 1 fully saturated rings. The van der Waals surface area contributed by atoms with Crippen molar-refractivity contribution in [1.82, 2.24) is 10.3 Å². The van der Waals surface area contributed by atoms with Gasteiger partial charge in [-0.1, -0.05) is 6.07 Å². The molecule has 1 aromatic heterocycles. The maximum atomic E-state index is 13.4. The Balaban J connectivity index is 1.97. The number of thiazole rings is 1. The van der Waals surface area contributed by atoms with E-state index in [9.17, 15) is 4.39 Å². The second kappa shape index (κ2) is 5.54. The first-order valence-electron chi connectivity index (χ1n) is 6.69. The zero-order valence-corrected chi connectivity index (χ0v) is 13.8. The predicted molar refractivity (Wildman–Crippen MR) is 83.7 cm³/mol. The average Bonchev–Trinajstić information content (AvgIpc) is 3.17. The van der Waals surface area contributed by atoms with Gasteiger partial charge < -0.3 is 5.32 Å². The molecule has 3 rings (SSSR count). The van der Waals surface area contributed by atoms with Crippen LogP contribution < -0.4 is 5.32 Å². The zero-order valence-electron chi connectivity index (χ0n) is 11.4. The lowest BCUT2D eigenvalue weighted by molar-refractivity contribution is 0.589. The molecule has 0 amide bonds. The Morgan fingerprint density at radius 2 is 2.15 bits per heavy atom. The molecule has 20 heavy (non-hydrogen) atoms. The van der Waals surface area contributed by atoms with Crippen LogP contribution in [0.5, 0.6) is 0 Å². The normalized spacial score (nSPS) is 16.4. The summed E-state index contributed by atoms with van der Waals surface area (Å²) in [5.74, 6) is -0.231. The van der Waals surface area contributed by atoms with Crippen LogP contribution in [-0.4, -0.2) is 11.0 Å². The largest absolute Gasteiger partial charge is 0.301 e. The van der Waals surface area contributed by atoms with E-state index in [-0.39, 0.29) is 11.9 Å². The first-order chi connectivity index (χ1) is 9.54. The minimum atomic E-state index is -0.231. The third kappa shape index (κ3) is 2.95. The summed E-state index contributed by atoms with van der Waals surface area (Å²) < 4.78 is 13.9. The van der Waals surface area contributed by atoms with Crippen LogP contribution in [-0.2, 0) is 0 Å². The quantitative estimate of drug-likeness (QED) is 0.873. The summed E-state index contributed by atoms with van der Waals surface area (Å²) in [6, 6.07) is 5.81. The van der Waals surface area contributed by atoms with Crippen LogP contribution in [0.15, 0.2) is 22.7 Å². The van der Waals surface area contributed by atoms with Crippen molar-refractivity contribution in [2.24, 2.45) is 0 Å². The number of aromatic nitrogens is 1. The topological polar surface area (TPSA) is 24.9 Å². The highest BCUT2D eigenvalue weighted by molar-refractivity contribution is 9.10. The Kier molecular flexibility index (Phi) is 3.93. The van der Waals surface area contributed by atoms with E-state index in [0.717, 1.165) is 16.3 Å². The van der Waals surface area contributed by atoms with Crippen LogP contribution in [0.4, 0.5) is 4.39 Å². The van der Waals surface area contributed by atoms with Gasteiger partial charge in [-0.3, -0.25) is 0 Å². The minimum Gasteiger partial charge on any atom is -0.301 e. The second-order valence-corrected chi connectivity index (χ2v) is 7.33. The fourth-order valence-corrected chi connectivity index (χ4v) is 3.52. The first kappa shape index (κ1) is 14.2. The standard InChI is InChI=1S/C15H16BrFN2S/c1-8-9(2)20-15(18-8)14(19-11-4-5-11)10-3-6-13(17)12(16)7-10/h3,6-7,11,14,19H,4-5H2,1-2H3. The summed E-state index contributed by atoms with van der Waals surface area (Å²) in [4.78, 5) is 5.91. The summed E-state index contributed by atoms with van der Waals surface area (Å²) in [5, 5.41) is 4.68. The molecule has 1 aliphatic carbocycles. The summed E-state index contributed by atoms with van der Waals surface area (Å²) in [5.41, 5.74) is 2.13. The fraction of sp³-hybridized carbons (Fsp3) is 0.400. The van der Waals surface area contributed by atoms with E-state index in [1.807, 2.05) is 19.1 Å². The van der Waals surface area contributed by atoms with Crippen LogP contribution in [0.2, 0.25) is 0 Å². The van der Waals surface area contributed by atoms with E-state index in [2.05, 4.69) is 33.2 Å². The van der Waals surface area contributed by atoms with Crippen molar-refractivity contribution in [3.05, 3.63) is 49.6 Å². The number of benzene rings is 1. The minimum absolute atomic E-state index is 0.0526. The fourth-order valence-electron chi connectivity index (χ4n) is 2.11. The van der Waals surface area contributed by atoms with Gasteiger partial charge in [-0.15, -0.1) is 11.3 Å². The molecule has 1 aliphatic rings. The van der Waals surface area contributed by atoms with E-state index < -0.39 is 0 Å². The molecule has 1 atom stereocenters. The highest BCUT2D eigenvalue weighted by atomic mass is 79.9. The lowest BCUT2D eigenvalue weighted by Crippen LogP contribution is -2.24. The van der Waals surface area contributed by atoms with Gasteiger partial charge in [0.1, 0.15) is 10.8 Å². The molecule has 0 saturated heterocycles. The van der Waals surface area contributed by atoms with E-state index in [1.54, 1.807) is 11.3 Å². The third-order valence-electron chi connectivity index (χ3n) is 3.55. The number of nitrogens with one attached hydrogen (secondary N) is 1. The Morgan fingerprint density at radius 3 is 2.70 bits per heavy atom. The van der Waals surface area contributed by atoms with Crippen molar-refractivity contribution < 1.29 is 4.39 Å². The van der Waals surface area contributed by atoms with Gasteiger partial charge >= 0.3 is 0 Å². The average molecular weight is 355 g/mol. The van der Waals surface area contributed by atoms with Gasteiger partial charge in [0.15, 0.2) is 0 Å². The molecule has 1 saturated carbocycles. The zero-order chi connectivity index (χ0) is 14.3. The molecule has 0 aliphatic heterocycles. The summed E-state index contributed by atoms with van der Waals surface area (Å²) in [7, 11) is 0. The van der Waals surface area contributed by atoms with Crippen LogP contribution in [0, 0.1) is 19.7 Å². The molecule has 2 nitrogen and oxygen atoms in total. The maximum Gasteiger partial charge on any atom is 0.137 e. The van der Waals surface area contributed by atoms with Crippen molar-refractivity contribution >= 4 is 27.3 Å². The number of aryl methyl sites for hydroxylation is 2. The number of rotatable bonds is 4. The van der Waals surface area contributed by atoms with Gasteiger partial charge in [-0.25, -0.2) is 9.37 Å². The lowest BCUT2D eigenvalue weighted by Gasteiger charge is -2.17. The maximum absolute atomic E-state index is 13.4. The molecule has 0 radical (unpaired) electrons. The Hall–Kier alpha value is -0.780. The van der Waals surface area contributed by atoms with Gasteiger partial charge in [0.2, 0.25) is 0 Å². The predicted octanol–water partition coefficient (Wildman–Crippen LogP) is 4.50. The highest BCUT2D eigenvalue weighted by Crippen LogP contribution is 2.33. The van der Waals surface area contributed by atoms with Crippen LogP contribution in [0.1, 0.15) is 40.0 Å². The first-order valence-corrected chi connectivity index (χ1v) is 8.30. The number of nitrogens with zero attached hydrogens (tertiary/aromatic N) is 1. The SMILES string of the molecule is Cc1nc(C(NC2CC2)c2ccc(F)c(Br)c2)sc1C. The molecular weight excluding hydrogens is 339 g/mol. The van der Waals surface area contributed by atoms with E-state index in [0.29, 0.717) is 10.5 Å². The number of hydrogen-bond donors (Lipinski definition) is 1. The Bertz CT molecular complexity index is 617. The van der Waals surface area contributed by atoms with Crippen molar-refractivity contribution in [3.63, 3.8) is 0 Å². The molecule has 0 bridgehead atoms.